The predicted molar refractivity (Wildman–Crippen MR) is 89.0 cm³/mol. The number of aryl methyl sites for hydroxylation is 1. The van der Waals surface area contributed by atoms with Crippen molar-refractivity contribution in [2.75, 3.05) is 13.2 Å². The van der Waals surface area contributed by atoms with E-state index >= 15 is 0 Å². The van der Waals surface area contributed by atoms with E-state index in [2.05, 4.69) is 5.43 Å². The predicted octanol–water partition coefficient (Wildman–Crippen LogP) is 3.71. The fourth-order valence-corrected chi connectivity index (χ4v) is 3.00. The second-order valence-corrected chi connectivity index (χ2v) is 6.94. The Morgan fingerprint density at radius 3 is 2.56 bits per heavy atom. The van der Waals surface area contributed by atoms with Crippen LogP contribution >= 0.6 is 0 Å². The van der Waals surface area contributed by atoms with Crippen molar-refractivity contribution in [2.45, 2.75) is 52.3 Å². The molecule has 1 unspecified atom stereocenters. The third-order valence-electron chi connectivity index (χ3n) is 4.38. The number of hydrazine groups is 1. The number of ether oxygens (including phenoxy) is 1. The Hall–Kier alpha value is -1.76. The van der Waals surface area contributed by atoms with E-state index in [1.807, 2.05) is 31.2 Å². The van der Waals surface area contributed by atoms with E-state index in [1.165, 1.54) is 0 Å². The molecule has 1 N–H and O–H groups in total. The summed E-state index contributed by atoms with van der Waals surface area (Å²) in [4.78, 5) is 11.8. The largest absolute Gasteiger partial charge is 0.494 e. The third kappa shape index (κ3) is 4.87. The molecule has 0 radical (unpaired) electrons. The number of hydrogen-bond donors (Lipinski definition) is 1. The van der Waals surface area contributed by atoms with Crippen LogP contribution in [0.1, 0.15) is 39.2 Å². The number of halogens is 3. The van der Waals surface area contributed by atoms with Gasteiger partial charge in [-0.25, -0.2) is 5.01 Å². The maximum atomic E-state index is 13.5. The third-order valence-corrected chi connectivity index (χ3v) is 4.38. The number of para-hydroxylation sites is 1. The van der Waals surface area contributed by atoms with Crippen molar-refractivity contribution in [2.24, 2.45) is 5.41 Å². The maximum absolute atomic E-state index is 13.5. The summed E-state index contributed by atoms with van der Waals surface area (Å²) in [5, 5.41) is 1.04. The summed E-state index contributed by atoms with van der Waals surface area (Å²) in [6, 6.07) is 5.70. The highest BCUT2D eigenvalue weighted by Gasteiger charge is 2.49. The van der Waals surface area contributed by atoms with Gasteiger partial charge in [0.05, 0.1) is 12.0 Å². The first-order chi connectivity index (χ1) is 11.6. The van der Waals surface area contributed by atoms with Crippen LogP contribution in [0.15, 0.2) is 24.3 Å². The van der Waals surface area contributed by atoms with Crippen LogP contribution in [0.25, 0.3) is 0 Å². The van der Waals surface area contributed by atoms with Crippen LogP contribution in [0.2, 0.25) is 0 Å². The Morgan fingerprint density at radius 2 is 2.00 bits per heavy atom. The van der Waals surface area contributed by atoms with E-state index in [1.54, 1.807) is 13.8 Å². The van der Waals surface area contributed by atoms with Gasteiger partial charge >= 0.3 is 6.18 Å². The number of hydrogen-bond acceptors (Lipinski definition) is 3. The molecule has 7 heteroatoms. The number of carbonyl (C=O) groups is 1. The Labute approximate surface area is 146 Å². The lowest BCUT2D eigenvalue weighted by molar-refractivity contribution is -0.190. The highest BCUT2D eigenvalue weighted by molar-refractivity contribution is 5.83. The molecule has 0 aromatic heterocycles. The van der Waals surface area contributed by atoms with Crippen molar-refractivity contribution in [3.05, 3.63) is 29.8 Å². The summed E-state index contributed by atoms with van der Waals surface area (Å²) in [5.74, 6) is 0.340. The monoisotopic (exact) mass is 358 g/mol. The molecule has 1 aliphatic heterocycles. The molecule has 1 saturated heterocycles. The molecule has 0 saturated carbocycles. The molecule has 1 amide bonds. The van der Waals surface area contributed by atoms with Gasteiger partial charge in [-0.3, -0.25) is 10.2 Å². The van der Waals surface area contributed by atoms with Gasteiger partial charge in [0, 0.05) is 6.54 Å². The molecule has 0 spiro atoms. The van der Waals surface area contributed by atoms with E-state index in [-0.39, 0.29) is 18.9 Å². The highest BCUT2D eigenvalue weighted by atomic mass is 19.4. The van der Waals surface area contributed by atoms with Crippen molar-refractivity contribution in [1.82, 2.24) is 10.4 Å². The van der Waals surface area contributed by atoms with Crippen LogP contribution in [0.5, 0.6) is 5.75 Å². The molecule has 4 nitrogen and oxygen atoms in total. The van der Waals surface area contributed by atoms with Crippen molar-refractivity contribution < 1.29 is 22.7 Å². The van der Waals surface area contributed by atoms with E-state index < -0.39 is 17.6 Å². The van der Waals surface area contributed by atoms with Crippen molar-refractivity contribution in [1.29, 1.82) is 0 Å². The van der Waals surface area contributed by atoms with Gasteiger partial charge in [-0.2, -0.15) is 13.2 Å². The zero-order valence-electron chi connectivity index (χ0n) is 14.8. The summed E-state index contributed by atoms with van der Waals surface area (Å²) in [7, 11) is 0. The smallest absolute Gasteiger partial charge is 0.405 e. The number of nitrogens with zero attached hydrogens (tertiary/aromatic N) is 1. The molecule has 1 aliphatic rings. The van der Waals surface area contributed by atoms with E-state index in [0.717, 1.165) is 10.6 Å². The molecule has 0 bridgehead atoms. The van der Waals surface area contributed by atoms with Gasteiger partial charge in [-0.1, -0.05) is 18.2 Å². The molecule has 0 aliphatic carbocycles. The fraction of sp³-hybridized carbons (Fsp3) is 0.611. The van der Waals surface area contributed by atoms with Gasteiger partial charge in [0.25, 0.3) is 0 Å². The minimum Gasteiger partial charge on any atom is -0.494 e. The van der Waals surface area contributed by atoms with Crippen LogP contribution in [0, 0.1) is 5.41 Å². The lowest BCUT2D eigenvalue weighted by Gasteiger charge is -2.29. The zero-order chi connectivity index (χ0) is 18.7. The zero-order valence-corrected chi connectivity index (χ0v) is 14.8. The average Bonchev–Trinajstić information content (AvgIpc) is 2.77. The fourth-order valence-electron chi connectivity index (χ4n) is 3.00. The SMILES string of the molecule is CCOc1ccccc1CCCC(N1CC(C)(C)C(=O)N1)C(F)(F)F. The molecule has 140 valence electrons. The standard InChI is InChI=1S/C18H25F3N2O2/c1-4-25-14-10-6-5-8-13(14)9-7-11-15(18(19,20)21)23-12-17(2,3)16(24)22-23/h5-6,8,10,15H,4,7,9,11-12H2,1-3H3,(H,22,24). The molecule has 2 rings (SSSR count). The second-order valence-electron chi connectivity index (χ2n) is 6.94. The summed E-state index contributed by atoms with van der Waals surface area (Å²) in [6.45, 7) is 5.72. The van der Waals surface area contributed by atoms with Gasteiger partial charge < -0.3 is 4.74 Å². The number of carbonyl (C=O) groups excluding carboxylic acids is 1. The van der Waals surface area contributed by atoms with Crippen molar-refractivity contribution in [3.63, 3.8) is 0 Å². The first-order valence-electron chi connectivity index (χ1n) is 8.50. The Balaban J connectivity index is 2.01. The lowest BCUT2D eigenvalue weighted by atomic mass is 9.94. The molecule has 1 aromatic carbocycles. The minimum atomic E-state index is -4.40. The first-order valence-corrected chi connectivity index (χ1v) is 8.50. The molecular weight excluding hydrogens is 333 g/mol. The quantitative estimate of drug-likeness (QED) is 0.808. The van der Waals surface area contributed by atoms with Gasteiger partial charge in [-0.05, 0) is 51.7 Å². The summed E-state index contributed by atoms with van der Waals surface area (Å²) in [6.07, 6.45) is -3.64. The number of amides is 1. The van der Waals surface area contributed by atoms with Gasteiger partial charge in [0.15, 0.2) is 0 Å². The normalized spacial score (nSPS) is 18.9. The number of benzene rings is 1. The molecule has 25 heavy (non-hydrogen) atoms. The Kier molecular flexibility index (Phi) is 5.98. The lowest BCUT2D eigenvalue weighted by Crippen LogP contribution is -2.50. The summed E-state index contributed by atoms with van der Waals surface area (Å²) >= 11 is 0. The summed E-state index contributed by atoms with van der Waals surface area (Å²) in [5.41, 5.74) is 2.47. The van der Waals surface area contributed by atoms with Crippen LogP contribution < -0.4 is 10.2 Å². The summed E-state index contributed by atoms with van der Waals surface area (Å²) < 4.78 is 45.9. The molecule has 1 aromatic rings. The maximum Gasteiger partial charge on any atom is 0.405 e. The van der Waals surface area contributed by atoms with Gasteiger partial charge in [0.2, 0.25) is 5.91 Å². The van der Waals surface area contributed by atoms with Crippen molar-refractivity contribution in [3.8, 4) is 5.75 Å². The first kappa shape index (κ1) is 19.6. The second kappa shape index (κ2) is 7.64. The van der Waals surface area contributed by atoms with E-state index in [0.29, 0.717) is 25.2 Å². The van der Waals surface area contributed by atoms with Crippen LogP contribution in [-0.2, 0) is 11.2 Å². The average molecular weight is 358 g/mol. The Morgan fingerprint density at radius 1 is 1.32 bits per heavy atom. The number of rotatable bonds is 7. The van der Waals surface area contributed by atoms with Crippen LogP contribution in [0.3, 0.4) is 0 Å². The van der Waals surface area contributed by atoms with Crippen molar-refractivity contribution >= 4 is 5.91 Å². The number of nitrogens with one attached hydrogen (secondary N) is 1. The highest BCUT2D eigenvalue weighted by Crippen LogP contribution is 2.33. The van der Waals surface area contributed by atoms with Crippen LogP contribution in [0.4, 0.5) is 13.2 Å². The van der Waals surface area contributed by atoms with Crippen LogP contribution in [-0.4, -0.2) is 36.3 Å². The Bertz CT molecular complexity index is 602. The van der Waals surface area contributed by atoms with Gasteiger partial charge in [0.1, 0.15) is 11.8 Å². The molecule has 1 heterocycles. The van der Waals surface area contributed by atoms with Gasteiger partial charge in [-0.15, -0.1) is 0 Å². The molecule has 1 fully saturated rings. The minimum absolute atomic E-state index is 0.0472. The number of alkyl halides is 3. The van der Waals surface area contributed by atoms with E-state index in [4.69, 9.17) is 4.74 Å². The molecule has 1 atom stereocenters. The van der Waals surface area contributed by atoms with E-state index in [9.17, 15) is 18.0 Å². The molecular formula is C18H25F3N2O2. The topological polar surface area (TPSA) is 41.6 Å².